The average molecular weight is 546 g/mol. The van der Waals surface area contributed by atoms with Crippen molar-refractivity contribution < 1.29 is 37.7 Å². The van der Waals surface area contributed by atoms with Gasteiger partial charge >= 0.3 is 5.97 Å². The van der Waals surface area contributed by atoms with Crippen LogP contribution >= 0.6 is 0 Å². The third-order valence-electron chi connectivity index (χ3n) is 7.51. The number of carbonyl (C=O) groups is 2. The van der Waals surface area contributed by atoms with Gasteiger partial charge in [-0.2, -0.15) is 4.39 Å². The van der Waals surface area contributed by atoms with E-state index in [1.807, 2.05) is 24.3 Å². The Bertz CT molecular complexity index is 1290. The molecule has 3 aliphatic heterocycles. The van der Waals surface area contributed by atoms with Crippen molar-refractivity contribution in [2.24, 2.45) is 0 Å². The standard InChI is InChI=1S/C28H30F3N3O5/c29-20-7-8-21(30)26(25(20)31)39-9-1-2-15-3-5-16(6-4-15)19-10-17-13-34(14-23(33-17)24(19)28(37)38)27(36)22-11-18(35)12-32-22/h3-8,17-18,22-23,32-33,35H,1-2,9-14H2,(H,37,38)/t17-,18+,22?,23+/m0/s1. The Morgan fingerprint density at radius 3 is 2.49 bits per heavy atom. The molecule has 8 nitrogen and oxygen atoms in total. The highest BCUT2D eigenvalue weighted by Gasteiger charge is 2.41. The van der Waals surface area contributed by atoms with Crippen LogP contribution in [0, 0.1) is 17.5 Å². The van der Waals surface area contributed by atoms with Crippen LogP contribution in [0.25, 0.3) is 5.57 Å². The van der Waals surface area contributed by atoms with E-state index in [1.165, 1.54) is 0 Å². The largest absolute Gasteiger partial charge is 0.488 e. The number of ether oxygens (including phenoxy) is 1. The summed E-state index contributed by atoms with van der Waals surface area (Å²) in [5.41, 5.74) is 2.68. The SMILES string of the molecule is O=C(O)C1=C(c2ccc(CCCOc3c(F)ccc(F)c3F)cc2)C[C@H]2CN(C(=O)C3C[C@@H](O)CN3)C[C@H]1N2. The summed E-state index contributed by atoms with van der Waals surface area (Å²) in [6.07, 6.45) is 1.21. The fourth-order valence-electron chi connectivity index (χ4n) is 5.64. The van der Waals surface area contributed by atoms with E-state index in [-0.39, 0.29) is 30.7 Å². The number of carbonyl (C=O) groups excluding carboxylic acids is 1. The van der Waals surface area contributed by atoms with Gasteiger partial charge in [0.25, 0.3) is 0 Å². The Morgan fingerprint density at radius 2 is 1.79 bits per heavy atom. The van der Waals surface area contributed by atoms with Gasteiger partial charge in [0.2, 0.25) is 11.7 Å². The molecule has 0 radical (unpaired) electrons. The number of β-amino-alcohol motifs (C(OH)–C–C–N with tert-alkyl or cyclic N) is 1. The molecule has 2 bridgehead atoms. The Morgan fingerprint density at radius 1 is 1.05 bits per heavy atom. The van der Waals surface area contributed by atoms with Crippen molar-refractivity contribution in [3.8, 4) is 5.75 Å². The van der Waals surface area contributed by atoms with Crippen LogP contribution in [0.5, 0.6) is 5.75 Å². The normalized spacial score (nSPS) is 24.7. The topological polar surface area (TPSA) is 111 Å². The van der Waals surface area contributed by atoms with Gasteiger partial charge in [-0.05, 0) is 54.5 Å². The molecule has 0 aliphatic carbocycles. The molecule has 1 amide bonds. The lowest BCUT2D eigenvalue weighted by molar-refractivity contribution is -0.137. The molecule has 2 aromatic rings. The van der Waals surface area contributed by atoms with Crippen LogP contribution in [0.1, 0.15) is 30.4 Å². The number of benzene rings is 2. The molecule has 2 saturated heterocycles. The van der Waals surface area contributed by atoms with Gasteiger partial charge in [-0.25, -0.2) is 13.6 Å². The minimum absolute atomic E-state index is 0.00700. The maximum absolute atomic E-state index is 13.7. The number of nitrogens with one attached hydrogen (secondary N) is 2. The van der Waals surface area contributed by atoms with Crippen molar-refractivity contribution >= 4 is 17.4 Å². The summed E-state index contributed by atoms with van der Waals surface area (Å²) in [7, 11) is 0. The number of fused-ring (bicyclic) bond motifs is 2. The van der Waals surface area contributed by atoms with E-state index in [1.54, 1.807) is 4.90 Å². The number of hydrogen-bond donors (Lipinski definition) is 4. The van der Waals surface area contributed by atoms with E-state index in [4.69, 9.17) is 4.74 Å². The van der Waals surface area contributed by atoms with Crippen LogP contribution in [0.4, 0.5) is 13.2 Å². The Labute approximate surface area is 223 Å². The quantitative estimate of drug-likeness (QED) is 0.298. The lowest BCUT2D eigenvalue weighted by Crippen LogP contribution is -2.63. The van der Waals surface area contributed by atoms with Crippen LogP contribution in [-0.4, -0.2) is 77.5 Å². The third kappa shape index (κ3) is 5.80. The van der Waals surface area contributed by atoms with E-state index >= 15 is 0 Å². The second kappa shape index (κ2) is 11.4. The predicted octanol–water partition coefficient (Wildman–Crippen LogP) is 2.25. The molecule has 5 rings (SSSR count). The summed E-state index contributed by atoms with van der Waals surface area (Å²) in [6.45, 7) is 1.05. The molecule has 0 spiro atoms. The first-order chi connectivity index (χ1) is 18.7. The Hall–Kier alpha value is -3.41. The van der Waals surface area contributed by atoms with Crippen molar-refractivity contribution in [3.05, 3.63) is 70.5 Å². The number of halogens is 3. The Kier molecular flexibility index (Phi) is 7.92. The number of nitrogens with zero attached hydrogens (tertiary/aromatic N) is 1. The van der Waals surface area contributed by atoms with Gasteiger partial charge in [0, 0.05) is 25.7 Å². The monoisotopic (exact) mass is 545 g/mol. The number of aryl methyl sites for hydroxylation is 1. The molecule has 4 N–H and O–H groups in total. The summed E-state index contributed by atoms with van der Waals surface area (Å²) >= 11 is 0. The highest BCUT2D eigenvalue weighted by molar-refractivity contribution is 5.99. The zero-order valence-electron chi connectivity index (χ0n) is 21.1. The second-order valence-corrected chi connectivity index (χ2v) is 10.2. The Balaban J connectivity index is 1.23. The van der Waals surface area contributed by atoms with Gasteiger partial charge in [0.1, 0.15) is 0 Å². The minimum atomic E-state index is -1.35. The predicted molar refractivity (Wildman–Crippen MR) is 135 cm³/mol. The molecule has 11 heteroatoms. The third-order valence-corrected chi connectivity index (χ3v) is 7.51. The van der Waals surface area contributed by atoms with E-state index in [2.05, 4.69) is 10.6 Å². The van der Waals surface area contributed by atoms with Gasteiger partial charge in [-0.1, -0.05) is 24.3 Å². The molecule has 2 aromatic carbocycles. The van der Waals surface area contributed by atoms with Crippen molar-refractivity contribution in [2.75, 3.05) is 26.2 Å². The summed E-state index contributed by atoms with van der Waals surface area (Å²) < 4.78 is 45.9. The number of aliphatic hydroxyl groups excluding tert-OH is 1. The highest BCUT2D eigenvalue weighted by atomic mass is 19.2. The van der Waals surface area contributed by atoms with Gasteiger partial charge in [-0.3, -0.25) is 4.79 Å². The number of aliphatic hydroxyl groups is 1. The number of hydrogen-bond acceptors (Lipinski definition) is 6. The van der Waals surface area contributed by atoms with Crippen LogP contribution in [0.15, 0.2) is 42.0 Å². The summed E-state index contributed by atoms with van der Waals surface area (Å²) in [6, 6.07) is 7.90. The first-order valence-corrected chi connectivity index (χ1v) is 13.0. The van der Waals surface area contributed by atoms with Crippen molar-refractivity contribution in [2.45, 2.75) is 49.9 Å². The summed E-state index contributed by atoms with van der Waals surface area (Å²) in [5.74, 6) is -5.38. The van der Waals surface area contributed by atoms with Gasteiger partial charge in [0.15, 0.2) is 17.4 Å². The van der Waals surface area contributed by atoms with Crippen LogP contribution in [0.3, 0.4) is 0 Å². The lowest BCUT2D eigenvalue weighted by atomic mass is 9.83. The number of carboxylic acids is 1. The van der Waals surface area contributed by atoms with E-state index in [9.17, 15) is 33.0 Å². The molecule has 3 aliphatic rings. The molecule has 4 atom stereocenters. The molecule has 3 heterocycles. The van der Waals surface area contributed by atoms with Crippen LogP contribution < -0.4 is 15.4 Å². The molecule has 39 heavy (non-hydrogen) atoms. The summed E-state index contributed by atoms with van der Waals surface area (Å²) in [4.78, 5) is 27.0. The molecular formula is C28H30F3N3O5. The van der Waals surface area contributed by atoms with Crippen LogP contribution in [-0.2, 0) is 16.0 Å². The number of aliphatic carboxylic acids is 1. The van der Waals surface area contributed by atoms with Crippen LogP contribution in [0.2, 0.25) is 0 Å². The lowest BCUT2D eigenvalue weighted by Gasteiger charge is -2.44. The maximum Gasteiger partial charge on any atom is 0.333 e. The maximum atomic E-state index is 13.7. The number of amides is 1. The van der Waals surface area contributed by atoms with Gasteiger partial charge in [0.05, 0.1) is 30.4 Å². The fourth-order valence-corrected chi connectivity index (χ4v) is 5.64. The minimum Gasteiger partial charge on any atom is -0.488 e. The first-order valence-electron chi connectivity index (χ1n) is 13.0. The van der Waals surface area contributed by atoms with Crippen molar-refractivity contribution in [1.29, 1.82) is 0 Å². The zero-order valence-corrected chi connectivity index (χ0v) is 21.1. The van der Waals surface area contributed by atoms with E-state index in [0.717, 1.165) is 22.8 Å². The molecule has 2 fully saturated rings. The summed E-state index contributed by atoms with van der Waals surface area (Å²) in [5, 5.41) is 26.2. The number of carboxylic acid groups (broad SMARTS) is 1. The van der Waals surface area contributed by atoms with Gasteiger partial charge in [-0.15, -0.1) is 0 Å². The molecule has 208 valence electrons. The number of piperazine rings is 1. The molecule has 0 saturated carbocycles. The van der Waals surface area contributed by atoms with Crippen molar-refractivity contribution in [1.82, 2.24) is 15.5 Å². The highest BCUT2D eigenvalue weighted by Crippen LogP contribution is 2.34. The van der Waals surface area contributed by atoms with E-state index in [0.29, 0.717) is 44.8 Å². The van der Waals surface area contributed by atoms with E-state index < -0.39 is 47.4 Å². The zero-order chi connectivity index (χ0) is 27.7. The molecular weight excluding hydrogens is 515 g/mol. The second-order valence-electron chi connectivity index (χ2n) is 10.2. The first kappa shape index (κ1) is 27.2. The molecule has 0 aromatic heterocycles. The average Bonchev–Trinajstić information content (AvgIpc) is 3.35. The van der Waals surface area contributed by atoms with Gasteiger partial charge < -0.3 is 30.5 Å². The number of rotatable bonds is 8. The fraction of sp³-hybridized carbons (Fsp3) is 0.429. The molecule has 1 unspecified atom stereocenters. The van der Waals surface area contributed by atoms with Crippen molar-refractivity contribution in [3.63, 3.8) is 0 Å². The smallest absolute Gasteiger partial charge is 0.333 e.